The maximum absolute atomic E-state index is 11.8. The Hall–Kier alpha value is -2.47. The summed E-state index contributed by atoms with van der Waals surface area (Å²) in [4.78, 5) is 28.1. The number of esters is 1. The Kier molecular flexibility index (Phi) is 4.00. The van der Waals surface area contributed by atoms with E-state index in [1.54, 1.807) is 37.6 Å². The van der Waals surface area contributed by atoms with Gasteiger partial charge in [0.15, 0.2) is 0 Å². The summed E-state index contributed by atoms with van der Waals surface area (Å²) in [5, 5.41) is 0. The van der Waals surface area contributed by atoms with Crippen molar-refractivity contribution in [1.82, 2.24) is 9.55 Å². The van der Waals surface area contributed by atoms with Crippen molar-refractivity contribution in [2.24, 2.45) is 7.05 Å². The number of hydrogen-bond acceptors (Lipinski definition) is 5. The van der Waals surface area contributed by atoms with Gasteiger partial charge in [-0.15, -0.1) is 0 Å². The SMILES string of the molecule is CCOC(=O)c1ccc(-c2ccc3c(c2)sc(=O)n3C)nc1C. The van der Waals surface area contributed by atoms with Gasteiger partial charge in [0, 0.05) is 12.6 Å². The van der Waals surface area contributed by atoms with E-state index in [9.17, 15) is 9.59 Å². The summed E-state index contributed by atoms with van der Waals surface area (Å²) in [6.45, 7) is 3.90. The number of benzene rings is 1. The van der Waals surface area contributed by atoms with Crippen LogP contribution in [0.3, 0.4) is 0 Å². The molecule has 0 bridgehead atoms. The molecule has 0 N–H and O–H groups in total. The third-order valence-corrected chi connectivity index (χ3v) is 4.66. The minimum absolute atomic E-state index is 0.0129. The normalized spacial score (nSPS) is 10.9. The van der Waals surface area contributed by atoms with Crippen LogP contribution in [0.5, 0.6) is 0 Å². The van der Waals surface area contributed by atoms with Gasteiger partial charge < -0.3 is 9.30 Å². The summed E-state index contributed by atoms with van der Waals surface area (Å²) in [5.74, 6) is -0.360. The van der Waals surface area contributed by atoms with Crippen molar-refractivity contribution >= 4 is 27.5 Å². The molecular formula is C17H16N2O3S. The number of ether oxygens (including phenoxy) is 1. The maximum atomic E-state index is 11.8. The number of aromatic nitrogens is 2. The summed E-state index contributed by atoms with van der Waals surface area (Å²) >= 11 is 1.21. The van der Waals surface area contributed by atoms with Crippen molar-refractivity contribution in [3.05, 3.63) is 51.3 Å². The molecule has 0 aliphatic heterocycles. The number of thiazole rings is 1. The monoisotopic (exact) mass is 328 g/mol. The highest BCUT2D eigenvalue weighted by molar-refractivity contribution is 7.16. The van der Waals surface area contributed by atoms with Gasteiger partial charge in [-0.2, -0.15) is 0 Å². The van der Waals surface area contributed by atoms with E-state index in [1.807, 2.05) is 18.2 Å². The lowest BCUT2D eigenvalue weighted by Crippen LogP contribution is -2.08. The minimum atomic E-state index is -0.360. The number of carbonyl (C=O) groups excluding carboxylic acids is 1. The Labute approximate surface area is 137 Å². The zero-order chi connectivity index (χ0) is 16.6. The van der Waals surface area contributed by atoms with Crippen LogP contribution in [-0.4, -0.2) is 22.1 Å². The quantitative estimate of drug-likeness (QED) is 0.693. The first-order valence-corrected chi connectivity index (χ1v) is 8.07. The van der Waals surface area contributed by atoms with Crippen molar-refractivity contribution in [3.63, 3.8) is 0 Å². The Morgan fingerprint density at radius 2 is 2.09 bits per heavy atom. The van der Waals surface area contributed by atoms with Crippen molar-refractivity contribution in [3.8, 4) is 11.3 Å². The fourth-order valence-electron chi connectivity index (χ4n) is 2.44. The lowest BCUT2D eigenvalue weighted by Gasteiger charge is -2.07. The van der Waals surface area contributed by atoms with Crippen molar-refractivity contribution < 1.29 is 9.53 Å². The van der Waals surface area contributed by atoms with Crippen LogP contribution in [0, 0.1) is 6.92 Å². The molecule has 2 heterocycles. The standard InChI is InChI=1S/C17H16N2O3S/c1-4-22-16(20)12-6-7-13(18-10(12)2)11-5-8-14-15(9-11)23-17(21)19(14)3/h5-9H,4H2,1-3H3. The second-order valence-electron chi connectivity index (χ2n) is 5.16. The van der Waals surface area contributed by atoms with Crippen LogP contribution in [0.25, 0.3) is 21.5 Å². The second kappa shape index (κ2) is 5.96. The van der Waals surface area contributed by atoms with Gasteiger partial charge in [-0.1, -0.05) is 17.4 Å². The van der Waals surface area contributed by atoms with Crippen LogP contribution < -0.4 is 4.87 Å². The van der Waals surface area contributed by atoms with Gasteiger partial charge in [-0.05, 0) is 38.1 Å². The Morgan fingerprint density at radius 1 is 1.30 bits per heavy atom. The van der Waals surface area contributed by atoms with Gasteiger partial charge in [0.05, 0.1) is 33.8 Å². The minimum Gasteiger partial charge on any atom is -0.462 e. The third-order valence-electron chi connectivity index (χ3n) is 3.67. The number of fused-ring (bicyclic) bond motifs is 1. The van der Waals surface area contributed by atoms with Gasteiger partial charge in [0.25, 0.3) is 0 Å². The molecule has 3 rings (SSSR count). The predicted molar refractivity (Wildman–Crippen MR) is 91.0 cm³/mol. The fraction of sp³-hybridized carbons (Fsp3) is 0.235. The molecule has 0 aliphatic rings. The zero-order valence-corrected chi connectivity index (χ0v) is 13.9. The van der Waals surface area contributed by atoms with E-state index in [4.69, 9.17) is 4.74 Å². The molecule has 0 aliphatic carbocycles. The molecule has 0 amide bonds. The summed E-state index contributed by atoms with van der Waals surface area (Å²) in [7, 11) is 1.76. The Bertz CT molecular complexity index is 956. The summed E-state index contributed by atoms with van der Waals surface area (Å²) in [6, 6.07) is 9.33. The predicted octanol–water partition coefficient (Wildman–Crippen LogP) is 3.15. The van der Waals surface area contributed by atoms with Crippen molar-refractivity contribution in [2.75, 3.05) is 6.61 Å². The van der Waals surface area contributed by atoms with Crippen LogP contribution in [0.15, 0.2) is 35.1 Å². The molecule has 0 radical (unpaired) electrons. The highest BCUT2D eigenvalue weighted by Crippen LogP contribution is 2.25. The van der Waals surface area contributed by atoms with Crippen LogP contribution in [0.1, 0.15) is 23.0 Å². The number of rotatable bonds is 3. The van der Waals surface area contributed by atoms with Crippen LogP contribution in [0.2, 0.25) is 0 Å². The van der Waals surface area contributed by atoms with Crippen molar-refractivity contribution in [2.45, 2.75) is 13.8 Å². The van der Waals surface area contributed by atoms with Crippen LogP contribution in [0.4, 0.5) is 0 Å². The van der Waals surface area contributed by atoms with E-state index < -0.39 is 0 Å². The molecule has 6 heteroatoms. The van der Waals surface area contributed by atoms with Gasteiger partial charge in [-0.3, -0.25) is 9.78 Å². The molecule has 0 unspecified atom stereocenters. The second-order valence-corrected chi connectivity index (χ2v) is 6.15. The number of pyridine rings is 1. The number of carbonyl (C=O) groups is 1. The number of hydrogen-bond donors (Lipinski definition) is 0. The first-order valence-electron chi connectivity index (χ1n) is 7.26. The average molecular weight is 328 g/mol. The molecule has 0 fully saturated rings. The summed E-state index contributed by atoms with van der Waals surface area (Å²) in [5.41, 5.74) is 3.69. The zero-order valence-electron chi connectivity index (χ0n) is 13.1. The largest absolute Gasteiger partial charge is 0.462 e. The van der Waals surface area contributed by atoms with Gasteiger partial charge >= 0.3 is 10.8 Å². The highest BCUT2D eigenvalue weighted by Gasteiger charge is 2.13. The lowest BCUT2D eigenvalue weighted by molar-refractivity contribution is 0.0525. The number of aryl methyl sites for hydroxylation is 2. The van der Waals surface area contributed by atoms with Gasteiger partial charge in [0.2, 0.25) is 0 Å². The van der Waals surface area contributed by atoms with E-state index in [1.165, 1.54) is 11.3 Å². The average Bonchev–Trinajstić information content (AvgIpc) is 2.81. The summed E-state index contributed by atoms with van der Waals surface area (Å²) < 4.78 is 7.56. The highest BCUT2D eigenvalue weighted by atomic mass is 32.1. The van der Waals surface area contributed by atoms with E-state index >= 15 is 0 Å². The van der Waals surface area contributed by atoms with Crippen LogP contribution in [-0.2, 0) is 11.8 Å². The first-order chi connectivity index (χ1) is 11.0. The molecule has 3 aromatic rings. The van der Waals surface area contributed by atoms with E-state index in [0.29, 0.717) is 17.9 Å². The van der Waals surface area contributed by atoms with Gasteiger partial charge in [-0.25, -0.2) is 4.79 Å². The Balaban J connectivity index is 2.03. The molecule has 0 saturated carbocycles. The van der Waals surface area contributed by atoms with E-state index in [0.717, 1.165) is 21.5 Å². The van der Waals surface area contributed by atoms with Gasteiger partial charge in [0.1, 0.15) is 0 Å². The molecule has 0 saturated heterocycles. The molecule has 5 nitrogen and oxygen atoms in total. The first kappa shape index (κ1) is 15.4. The Morgan fingerprint density at radius 3 is 2.78 bits per heavy atom. The van der Waals surface area contributed by atoms with E-state index in [2.05, 4.69) is 4.98 Å². The van der Waals surface area contributed by atoms with E-state index in [-0.39, 0.29) is 10.8 Å². The molecular weight excluding hydrogens is 312 g/mol. The smallest absolute Gasteiger partial charge is 0.339 e. The molecule has 0 atom stereocenters. The van der Waals surface area contributed by atoms with Crippen molar-refractivity contribution in [1.29, 1.82) is 0 Å². The molecule has 2 aromatic heterocycles. The molecule has 23 heavy (non-hydrogen) atoms. The van der Waals surface area contributed by atoms with Crippen LogP contribution >= 0.6 is 11.3 Å². The third kappa shape index (κ3) is 2.77. The maximum Gasteiger partial charge on any atom is 0.339 e. The molecule has 118 valence electrons. The number of nitrogens with zero attached hydrogens (tertiary/aromatic N) is 2. The molecule has 0 spiro atoms. The topological polar surface area (TPSA) is 61.2 Å². The lowest BCUT2D eigenvalue weighted by atomic mass is 10.1. The summed E-state index contributed by atoms with van der Waals surface area (Å²) in [6.07, 6.45) is 0. The fourth-order valence-corrected chi connectivity index (χ4v) is 3.36. The molecule has 1 aromatic carbocycles.